The summed E-state index contributed by atoms with van der Waals surface area (Å²) in [6.45, 7) is 6.80. The molecule has 0 bridgehead atoms. The molecule has 1 rings (SSSR count). The van der Waals surface area contributed by atoms with Crippen LogP contribution in [-0.2, 0) is 4.79 Å². The number of carbonyl (C=O) groups excluding carboxylic acids is 1. The number of piperidine rings is 1. The summed E-state index contributed by atoms with van der Waals surface area (Å²) in [5.74, 6) is -1.28. The van der Waals surface area contributed by atoms with Crippen molar-refractivity contribution in [3.8, 4) is 0 Å². The number of carbonyl (C=O) groups is 1. The Morgan fingerprint density at radius 1 is 1.20 bits per heavy atom. The Hall–Kier alpha value is -0.650. The van der Waals surface area contributed by atoms with Crippen LogP contribution < -0.4 is 10.8 Å². The van der Waals surface area contributed by atoms with Gasteiger partial charge < -0.3 is 25.9 Å². The average molecular weight is 214 g/mol. The predicted molar refractivity (Wildman–Crippen MR) is 54.5 cm³/mol. The van der Waals surface area contributed by atoms with Crippen LogP contribution >= 0.6 is 0 Å². The molecule has 0 atom stereocenters. The van der Waals surface area contributed by atoms with Gasteiger partial charge in [-0.1, -0.05) is 0 Å². The van der Waals surface area contributed by atoms with Gasteiger partial charge >= 0.3 is 0 Å². The Morgan fingerprint density at radius 2 is 1.53 bits per heavy atom. The van der Waals surface area contributed by atoms with Gasteiger partial charge in [0, 0.05) is 11.1 Å². The number of rotatable bonds is 1. The maximum Gasteiger partial charge on any atom is 0.0615 e. The number of hydrogen-bond acceptors (Lipinski definition) is 5. The van der Waals surface area contributed by atoms with Crippen LogP contribution in [0.2, 0.25) is 0 Å². The second-order valence-corrected chi connectivity index (χ2v) is 5.72. The lowest BCUT2D eigenvalue weighted by molar-refractivity contribution is -0.316. The van der Waals surface area contributed by atoms with Gasteiger partial charge in [-0.3, -0.25) is 0 Å². The normalized spacial score (nSPS) is 28.7. The summed E-state index contributed by atoms with van der Waals surface area (Å²) in [5.41, 5.74) is 2.82. The van der Waals surface area contributed by atoms with E-state index in [4.69, 9.17) is 5.73 Å². The van der Waals surface area contributed by atoms with E-state index in [2.05, 4.69) is 0 Å². The third kappa shape index (κ3) is 2.00. The molecule has 5 heteroatoms. The molecule has 0 aromatic carbocycles. The summed E-state index contributed by atoms with van der Waals surface area (Å²) in [4.78, 5) is 11.0. The summed E-state index contributed by atoms with van der Waals surface area (Å²) in [6, 6.07) is 0. The molecule has 1 aliphatic rings. The van der Waals surface area contributed by atoms with Crippen LogP contribution in [0.15, 0.2) is 0 Å². The number of hydroxylamine groups is 2. The van der Waals surface area contributed by atoms with Crippen molar-refractivity contribution in [1.82, 2.24) is 5.06 Å². The number of carboxylic acids is 1. The van der Waals surface area contributed by atoms with E-state index in [9.17, 15) is 15.1 Å². The van der Waals surface area contributed by atoms with Crippen LogP contribution in [0.4, 0.5) is 0 Å². The van der Waals surface area contributed by atoms with E-state index < -0.39 is 22.6 Å². The number of nitrogens with zero attached hydrogens (tertiary/aromatic N) is 1. The minimum atomic E-state index is -1.41. The number of aliphatic carboxylic acids is 1. The molecule has 0 aromatic heterocycles. The zero-order valence-electron chi connectivity index (χ0n) is 9.66. The minimum absolute atomic E-state index is 0.106. The van der Waals surface area contributed by atoms with Gasteiger partial charge in [-0.15, -0.1) is 0 Å². The Bertz CT molecular complexity index is 268. The second-order valence-electron chi connectivity index (χ2n) is 5.72. The molecular formula is C10H18N2O3-2. The van der Waals surface area contributed by atoms with Crippen molar-refractivity contribution in [3.05, 3.63) is 5.21 Å². The zero-order chi connectivity index (χ0) is 12.1. The Morgan fingerprint density at radius 3 is 1.80 bits per heavy atom. The first-order valence-electron chi connectivity index (χ1n) is 4.99. The van der Waals surface area contributed by atoms with E-state index in [1.165, 1.54) is 0 Å². The highest BCUT2D eigenvalue weighted by Gasteiger charge is 2.47. The van der Waals surface area contributed by atoms with Crippen molar-refractivity contribution in [2.75, 3.05) is 0 Å². The third-order valence-corrected chi connectivity index (χ3v) is 3.00. The van der Waals surface area contributed by atoms with E-state index in [0.717, 1.165) is 5.06 Å². The van der Waals surface area contributed by atoms with Crippen molar-refractivity contribution in [2.24, 2.45) is 5.73 Å². The SMILES string of the molecule is CC1(C)CC(N)(C(=O)[O-])CC(C)(C)N1[O-]. The lowest BCUT2D eigenvalue weighted by Crippen LogP contribution is -2.70. The molecule has 2 N–H and O–H groups in total. The predicted octanol–water partition coefficient (Wildman–Crippen LogP) is -0.415. The first-order chi connectivity index (χ1) is 6.51. The van der Waals surface area contributed by atoms with Crippen LogP contribution in [0.25, 0.3) is 0 Å². The molecule has 0 radical (unpaired) electrons. The molecule has 1 heterocycles. The summed E-state index contributed by atoms with van der Waals surface area (Å²) in [6.07, 6.45) is 0.213. The molecule has 1 fully saturated rings. The molecule has 0 aliphatic carbocycles. The Kier molecular flexibility index (Phi) is 2.62. The van der Waals surface area contributed by atoms with Gasteiger partial charge in [0.25, 0.3) is 0 Å². The second kappa shape index (κ2) is 3.17. The lowest BCUT2D eigenvalue weighted by Gasteiger charge is -2.62. The third-order valence-electron chi connectivity index (χ3n) is 3.00. The van der Waals surface area contributed by atoms with Gasteiger partial charge in [-0.25, -0.2) is 0 Å². The quantitative estimate of drug-likeness (QED) is 0.640. The smallest absolute Gasteiger partial charge is 0.0615 e. The van der Waals surface area contributed by atoms with Gasteiger partial charge in [-0.05, 0) is 40.5 Å². The highest BCUT2D eigenvalue weighted by Crippen LogP contribution is 2.41. The Labute approximate surface area is 89.8 Å². The van der Waals surface area contributed by atoms with Crippen LogP contribution in [0.5, 0.6) is 0 Å². The molecule has 0 amide bonds. The Balaban J connectivity index is 3.09. The lowest BCUT2D eigenvalue weighted by atomic mass is 9.71. The maximum atomic E-state index is 11.9. The topological polar surface area (TPSA) is 92.5 Å². The first-order valence-corrected chi connectivity index (χ1v) is 4.99. The van der Waals surface area contributed by atoms with Gasteiger partial charge in [-0.2, -0.15) is 0 Å². The fourth-order valence-corrected chi connectivity index (χ4v) is 2.71. The molecular weight excluding hydrogens is 196 g/mol. The zero-order valence-corrected chi connectivity index (χ0v) is 9.66. The van der Waals surface area contributed by atoms with E-state index >= 15 is 0 Å². The fourth-order valence-electron chi connectivity index (χ4n) is 2.71. The van der Waals surface area contributed by atoms with Crippen LogP contribution in [0.3, 0.4) is 0 Å². The molecule has 0 spiro atoms. The van der Waals surface area contributed by atoms with Crippen LogP contribution in [0, 0.1) is 5.21 Å². The number of nitrogens with two attached hydrogens (primary N) is 1. The van der Waals surface area contributed by atoms with E-state index in [1.807, 2.05) is 0 Å². The van der Waals surface area contributed by atoms with Gasteiger partial charge in [0.05, 0.1) is 11.5 Å². The average Bonchev–Trinajstić information content (AvgIpc) is 1.98. The molecule has 88 valence electrons. The van der Waals surface area contributed by atoms with Crippen molar-refractivity contribution in [1.29, 1.82) is 0 Å². The largest absolute Gasteiger partial charge is 0.784 e. The summed E-state index contributed by atoms with van der Waals surface area (Å²) in [5, 5.41) is 23.9. The summed E-state index contributed by atoms with van der Waals surface area (Å²) < 4.78 is 0. The van der Waals surface area contributed by atoms with Gasteiger partial charge in [0.15, 0.2) is 0 Å². The molecule has 15 heavy (non-hydrogen) atoms. The molecule has 0 saturated carbocycles. The highest BCUT2D eigenvalue weighted by molar-refractivity contribution is 5.77. The van der Waals surface area contributed by atoms with Crippen LogP contribution in [0.1, 0.15) is 40.5 Å². The monoisotopic (exact) mass is 214 g/mol. The number of carboxylic acid groups (broad SMARTS) is 1. The maximum absolute atomic E-state index is 11.9. The molecule has 1 saturated heterocycles. The van der Waals surface area contributed by atoms with E-state index in [1.54, 1.807) is 27.7 Å². The van der Waals surface area contributed by atoms with E-state index in [0.29, 0.717) is 0 Å². The standard InChI is InChI=1S/C10H19N2O3/c1-8(2)5-10(11,7(13)14)6-9(3,4)12(8)15/h5-6,11H2,1-4H3,(H,13,14)/q-1/p-1. The molecule has 1 aliphatic heterocycles. The summed E-state index contributed by atoms with van der Waals surface area (Å²) in [7, 11) is 0. The fraction of sp³-hybridized carbons (Fsp3) is 0.900. The van der Waals surface area contributed by atoms with E-state index in [-0.39, 0.29) is 12.8 Å². The van der Waals surface area contributed by atoms with Crippen molar-refractivity contribution >= 4 is 5.97 Å². The number of hydrogen-bond donors (Lipinski definition) is 1. The van der Waals surface area contributed by atoms with Crippen molar-refractivity contribution in [2.45, 2.75) is 57.2 Å². The molecule has 5 nitrogen and oxygen atoms in total. The highest BCUT2D eigenvalue weighted by atomic mass is 16.5. The molecule has 0 aromatic rings. The van der Waals surface area contributed by atoms with Gasteiger partial charge in [0.2, 0.25) is 0 Å². The summed E-state index contributed by atoms with van der Waals surface area (Å²) >= 11 is 0. The molecule has 0 unspecified atom stereocenters. The van der Waals surface area contributed by atoms with Crippen LogP contribution in [-0.4, -0.2) is 27.6 Å². The van der Waals surface area contributed by atoms with Crippen molar-refractivity contribution in [3.63, 3.8) is 0 Å². The van der Waals surface area contributed by atoms with Gasteiger partial charge in [0.1, 0.15) is 0 Å². The van der Waals surface area contributed by atoms with Crippen molar-refractivity contribution < 1.29 is 9.90 Å². The minimum Gasteiger partial charge on any atom is -0.784 e. The first kappa shape index (κ1) is 12.4.